The molecule has 0 aliphatic heterocycles. The largest absolute Gasteiger partial charge is 0.321 e. The fourth-order valence-electron chi connectivity index (χ4n) is 4.37. The van der Waals surface area contributed by atoms with Crippen molar-refractivity contribution in [2.24, 2.45) is 0 Å². The Hall–Kier alpha value is -5.78. The maximum Gasteiger partial charge on any atom is 0.276 e. The van der Waals surface area contributed by atoms with Crippen molar-refractivity contribution in [3.8, 4) is 0 Å². The summed E-state index contributed by atoms with van der Waals surface area (Å²) >= 11 is 7.23. The molecule has 0 bridgehead atoms. The van der Waals surface area contributed by atoms with Crippen molar-refractivity contribution in [3.05, 3.63) is 165 Å². The number of carbonyl (C=O) groups excluding carboxylic acids is 3. The molecule has 3 N–H and O–H groups in total. The van der Waals surface area contributed by atoms with Gasteiger partial charge in [-0.1, -0.05) is 72.3 Å². The number of nitrogens with zero attached hydrogens (tertiary/aromatic N) is 2. The summed E-state index contributed by atoms with van der Waals surface area (Å²) in [7, 11) is 0. The Morgan fingerprint density at radius 2 is 1.47 bits per heavy atom. The molecule has 1 aromatic heterocycles. The molecule has 5 aromatic rings. The number of carbonyl (C=O) groups is 3. The van der Waals surface area contributed by atoms with Gasteiger partial charge in [0.1, 0.15) is 16.8 Å². The molecule has 47 heavy (non-hydrogen) atoms. The van der Waals surface area contributed by atoms with E-state index in [-0.39, 0.29) is 22.9 Å². The molecule has 10 nitrogen and oxygen atoms in total. The number of halogens is 1. The van der Waals surface area contributed by atoms with Gasteiger partial charge in [-0.3, -0.25) is 24.5 Å². The fourth-order valence-corrected chi connectivity index (χ4v) is 5.50. The molecule has 0 fully saturated rings. The minimum atomic E-state index is -0.690. The van der Waals surface area contributed by atoms with E-state index in [1.54, 1.807) is 72.8 Å². The number of pyridine rings is 1. The van der Waals surface area contributed by atoms with E-state index in [4.69, 9.17) is 11.6 Å². The van der Waals surface area contributed by atoms with Crippen molar-refractivity contribution in [2.45, 2.75) is 10.1 Å². The van der Waals surface area contributed by atoms with Gasteiger partial charge >= 0.3 is 0 Å². The first-order valence-corrected chi connectivity index (χ1v) is 15.4. The molecule has 3 amide bonds. The lowest BCUT2D eigenvalue weighted by molar-refractivity contribution is -0.385. The number of nitrogens with one attached hydrogen (secondary N) is 3. The first kappa shape index (κ1) is 32.6. The number of rotatable bonds is 11. The number of amides is 3. The predicted octanol–water partition coefficient (Wildman–Crippen LogP) is 7.52. The van der Waals surface area contributed by atoms with E-state index in [0.29, 0.717) is 22.1 Å². The second kappa shape index (κ2) is 15.5. The molecule has 12 heteroatoms. The van der Waals surface area contributed by atoms with Gasteiger partial charge in [0, 0.05) is 28.4 Å². The van der Waals surface area contributed by atoms with E-state index >= 15 is 0 Å². The van der Waals surface area contributed by atoms with Gasteiger partial charge in [0.2, 0.25) is 5.91 Å². The van der Waals surface area contributed by atoms with Gasteiger partial charge in [0.15, 0.2) is 0 Å². The van der Waals surface area contributed by atoms with Crippen LogP contribution >= 0.6 is 23.4 Å². The van der Waals surface area contributed by atoms with Crippen LogP contribution < -0.4 is 16.0 Å². The smallest absolute Gasteiger partial charge is 0.276 e. The minimum absolute atomic E-state index is 0.141. The summed E-state index contributed by atoms with van der Waals surface area (Å²) in [4.78, 5) is 55.7. The molecule has 1 unspecified atom stereocenters. The zero-order valence-electron chi connectivity index (χ0n) is 24.5. The number of thioether (sulfide) groups is 1. The third-order valence-corrected chi connectivity index (χ3v) is 8.14. The number of hydrogen-bond acceptors (Lipinski definition) is 7. The van der Waals surface area contributed by atoms with Crippen molar-refractivity contribution in [3.63, 3.8) is 0 Å². The van der Waals surface area contributed by atoms with Crippen LogP contribution in [0.2, 0.25) is 5.02 Å². The van der Waals surface area contributed by atoms with Gasteiger partial charge < -0.3 is 16.0 Å². The Bertz CT molecular complexity index is 1920. The minimum Gasteiger partial charge on any atom is -0.321 e. The molecule has 1 heterocycles. The third-order valence-electron chi connectivity index (χ3n) is 6.65. The zero-order valence-corrected chi connectivity index (χ0v) is 26.1. The topological polar surface area (TPSA) is 143 Å². The number of anilines is 2. The maximum absolute atomic E-state index is 13.5. The number of aromatic nitrogens is 1. The molecule has 234 valence electrons. The lowest BCUT2D eigenvalue weighted by atomic mass is 10.1. The van der Waals surface area contributed by atoms with E-state index in [0.717, 1.165) is 10.5 Å². The predicted molar refractivity (Wildman–Crippen MR) is 183 cm³/mol. The summed E-state index contributed by atoms with van der Waals surface area (Å²) in [5.74, 6) is -1.17. The summed E-state index contributed by atoms with van der Waals surface area (Å²) < 4.78 is 0. The van der Waals surface area contributed by atoms with Crippen LogP contribution in [0.25, 0.3) is 6.08 Å². The molecule has 0 aliphatic rings. The van der Waals surface area contributed by atoms with Crippen molar-refractivity contribution in [1.29, 1.82) is 0 Å². The summed E-state index contributed by atoms with van der Waals surface area (Å²) in [5, 5.41) is 19.6. The Balaban J connectivity index is 1.35. The molecule has 1 atom stereocenters. The standard InChI is InChI=1S/C35H26ClN5O5S/c36-26-15-20-31(37-22-26)40-35(44)32(23-9-3-1-4-10-23)47-28-18-16-27(17-19-28)38-34(43)29(39-33(42)24-11-5-2-6-12-24)21-25-13-7-8-14-30(25)41(45)46/h1-22,32H,(H,38,43)(H,39,42)(H,37,40,44)/b29-21-. The van der Waals surface area contributed by atoms with E-state index in [1.165, 1.54) is 42.2 Å². The fraction of sp³-hybridized carbons (Fsp3) is 0.0286. The highest BCUT2D eigenvalue weighted by molar-refractivity contribution is 8.00. The molecule has 0 saturated carbocycles. The maximum atomic E-state index is 13.5. The van der Waals surface area contributed by atoms with E-state index in [9.17, 15) is 24.5 Å². The molecular weight excluding hydrogens is 638 g/mol. The van der Waals surface area contributed by atoms with Crippen LogP contribution in [0.4, 0.5) is 17.2 Å². The van der Waals surface area contributed by atoms with Crippen molar-refractivity contribution in [1.82, 2.24) is 10.3 Å². The summed E-state index contributed by atoms with van der Waals surface area (Å²) in [6, 6.07) is 33.5. The van der Waals surface area contributed by atoms with Crippen LogP contribution in [-0.4, -0.2) is 27.6 Å². The summed E-state index contributed by atoms with van der Waals surface area (Å²) in [6.45, 7) is 0. The van der Waals surface area contributed by atoms with Crippen molar-refractivity contribution in [2.75, 3.05) is 10.6 Å². The molecule has 5 rings (SSSR count). The Kier molecular flexibility index (Phi) is 10.7. The van der Waals surface area contributed by atoms with Crippen LogP contribution in [-0.2, 0) is 9.59 Å². The molecule has 0 radical (unpaired) electrons. The van der Waals surface area contributed by atoms with Crippen LogP contribution in [0.1, 0.15) is 26.7 Å². The first-order valence-electron chi connectivity index (χ1n) is 14.1. The normalized spacial score (nSPS) is 11.6. The molecule has 4 aromatic carbocycles. The molecule has 0 saturated heterocycles. The number of nitro groups is 1. The monoisotopic (exact) mass is 663 g/mol. The van der Waals surface area contributed by atoms with Gasteiger partial charge in [0.05, 0.1) is 15.5 Å². The molecular formula is C35H26ClN5O5S. The van der Waals surface area contributed by atoms with Crippen molar-refractivity contribution >= 4 is 64.4 Å². The van der Waals surface area contributed by atoms with Crippen LogP contribution in [0.5, 0.6) is 0 Å². The quantitative estimate of drug-likeness (QED) is 0.0574. The summed E-state index contributed by atoms with van der Waals surface area (Å²) in [5.41, 5.74) is 1.20. The van der Waals surface area contributed by atoms with Gasteiger partial charge in [-0.2, -0.15) is 0 Å². The number of benzene rings is 4. The lowest BCUT2D eigenvalue weighted by Crippen LogP contribution is -2.30. The van der Waals surface area contributed by atoms with Gasteiger partial charge in [-0.05, 0) is 66.2 Å². The highest BCUT2D eigenvalue weighted by Crippen LogP contribution is 2.36. The molecule has 0 aliphatic carbocycles. The van der Waals surface area contributed by atoms with E-state index in [1.807, 2.05) is 30.3 Å². The zero-order chi connectivity index (χ0) is 33.2. The highest BCUT2D eigenvalue weighted by Gasteiger charge is 2.23. The van der Waals surface area contributed by atoms with Crippen molar-refractivity contribution < 1.29 is 19.3 Å². The number of hydrogen-bond donors (Lipinski definition) is 3. The average molecular weight is 664 g/mol. The number of para-hydroxylation sites is 1. The second-order valence-electron chi connectivity index (χ2n) is 9.93. The average Bonchev–Trinajstić information content (AvgIpc) is 3.09. The Labute approximate surface area is 279 Å². The first-order chi connectivity index (χ1) is 22.8. The third kappa shape index (κ3) is 8.91. The van der Waals surface area contributed by atoms with Gasteiger partial charge in [-0.15, -0.1) is 11.8 Å². The van der Waals surface area contributed by atoms with Gasteiger partial charge in [-0.25, -0.2) is 4.98 Å². The Morgan fingerprint density at radius 3 is 2.13 bits per heavy atom. The van der Waals surface area contributed by atoms with Crippen LogP contribution in [0.3, 0.4) is 0 Å². The van der Waals surface area contributed by atoms with Crippen LogP contribution in [0.15, 0.2) is 138 Å². The van der Waals surface area contributed by atoms with E-state index < -0.39 is 22.0 Å². The Morgan fingerprint density at radius 1 is 0.809 bits per heavy atom. The highest BCUT2D eigenvalue weighted by atomic mass is 35.5. The number of nitro benzene ring substituents is 1. The molecule has 0 spiro atoms. The summed E-state index contributed by atoms with van der Waals surface area (Å²) in [6.07, 6.45) is 2.71. The van der Waals surface area contributed by atoms with Gasteiger partial charge in [0.25, 0.3) is 17.5 Å². The second-order valence-corrected chi connectivity index (χ2v) is 11.5. The van der Waals surface area contributed by atoms with E-state index in [2.05, 4.69) is 20.9 Å². The SMILES string of the molecule is O=C(Nc1ccc(SC(C(=O)Nc2ccc(Cl)cn2)c2ccccc2)cc1)/C(=C/c1ccccc1[N+](=O)[O-])NC(=O)c1ccccc1. The lowest BCUT2D eigenvalue weighted by Gasteiger charge is -2.17. The van der Waals surface area contributed by atoms with Crippen LogP contribution in [0, 0.1) is 10.1 Å².